The number of aryl methyl sites for hydroxylation is 2. The highest BCUT2D eigenvalue weighted by molar-refractivity contribution is 14.0. The first-order valence-corrected chi connectivity index (χ1v) is 9.41. The number of nitrogens with zero attached hydrogens (tertiary/aromatic N) is 3. The number of aromatic nitrogens is 2. The quantitative estimate of drug-likeness (QED) is 0.388. The second kappa shape index (κ2) is 9.18. The lowest BCUT2D eigenvalue weighted by Crippen LogP contribution is -2.36. The maximum Gasteiger partial charge on any atom is 0.191 e. The van der Waals surface area contributed by atoms with Crippen molar-refractivity contribution in [2.45, 2.75) is 24.9 Å². The zero-order valence-corrected chi connectivity index (χ0v) is 17.9. The van der Waals surface area contributed by atoms with Gasteiger partial charge in [0.25, 0.3) is 0 Å². The van der Waals surface area contributed by atoms with Crippen LogP contribution in [0.15, 0.2) is 40.4 Å². The average Bonchev–Trinajstić information content (AvgIpc) is 2.91. The van der Waals surface area contributed by atoms with Gasteiger partial charge in [-0.15, -0.1) is 24.0 Å². The van der Waals surface area contributed by atoms with Gasteiger partial charge < -0.3 is 10.6 Å². The first kappa shape index (κ1) is 21.4. The fraction of sp³-hybridized carbons (Fsp3) is 0.375. The summed E-state index contributed by atoms with van der Waals surface area (Å²) in [6.07, 6.45) is 2.97. The Morgan fingerprint density at radius 1 is 1.24 bits per heavy atom. The Morgan fingerprint density at radius 2 is 1.92 bits per heavy atom. The summed E-state index contributed by atoms with van der Waals surface area (Å²) in [6, 6.07) is 7.27. The van der Waals surface area contributed by atoms with Crippen LogP contribution in [0.4, 0.5) is 0 Å². The van der Waals surface area contributed by atoms with Crippen LogP contribution in [0.5, 0.6) is 0 Å². The van der Waals surface area contributed by atoms with Crippen LogP contribution in [-0.2, 0) is 30.0 Å². The number of nitrogens with one attached hydrogen (secondary N) is 2. The van der Waals surface area contributed by atoms with Crippen LogP contribution in [-0.4, -0.2) is 37.5 Å². The number of benzene rings is 1. The van der Waals surface area contributed by atoms with E-state index in [9.17, 15) is 8.42 Å². The summed E-state index contributed by atoms with van der Waals surface area (Å²) < 4.78 is 25.1. The van der Waals surface area contributed by atoms with E-state index in [-0.39, 0.29) is 24.0 Å². The van der Waals surface area contributed by atoms with Gasteiger partial charge in [0.15, 0.2) is 15.8 Å². The van der Waals surface area contributed by atoms with Crippen molar-refractivity contribution in [2.75, 3.05) is 13.3 Å². The second-order valence-corrected chi connectivity index (χ2v) is 7.58. The molecule has 0 spiro atoms. The normalized spacial score (nSPS) is 11.8. The number of hydrogen-bond acceptors (Lipinski definition) is 4. The van der Waals surface area contributed by atoms with E-state index in [2.05, 4.69) is 20.7 Å². The Hall–Kier alpha value is -1.62. The summed E-state index contributed by atoms with van der Waals surface area (Å²) in [5.74, 6) is 0.668. The van der Waals surface area contributed by atoms with E-state index in [1.807, 2.05) is 25.2 Å². The van der Waals surface area contributed by atoms with Crippen molar-refractivity contribution in [3.8, 4) is 0 Å². The molecule has 0 aliphatic rings. The predicted molar refractivity (Wildman–Crippen MR) is 110 cm³/mol. The van der Waals surface area contributed by atoms with E-state index in [1.165, 1.54) is 6.26 Å². The Morgan fingerprint density at radius 3 is 2.44 bits per heavy atom. The van der Waals surface area contributed by atoms with Gasteiger partial charge in [0.2, 0.25) is 0 Å². The minimum Gasteiger partial charge on any atom is -0.352 e. The molecular formula is C16H24IN5O2S. The topological polar surface area (TPSA) is 88.4 Å². The molecule has 1 aromatic heterocycles. The summed E-state index contributed by atoms with van der Waals surface area (Å²) in [7, 11) is 0.404. The van der Waals surface area contributed by atoms with E-state index < -0.39 is 9.84 Å². The lowest BCUT2D eigenvalue weighted by atomic mass is 10.1. The Balaban J connectivity index is 0.00000312. The molecule has 2 N–H and O–H groups in total. The fourth-order valence-electron chi connectivity index (χ4n) is 2.39. The Bertz CT molecular complexity index is 846. The number of sulfone groups is 1. The van der Waals surface area contributed by atoms with Crippen LogP contribution in [0.2, 0.25) is 0 Å². The molecule has 0 atom stereocenters. The lowest BCUT2D eigenvalue weighted by Gasteiger charge is -2.13. The summed E-state index contributed by atoms with van der Waals surface area (Å²) in [5, 5.41) is 10.5. The van der Waals surface area contributed by atoms with Crippen LogP contribution in [0.1, 0.15) is 16.8 Å². The van der Waals surface area contributed by atoms with E-state index >= 15 is 0 Å². The van der Waals surface area contributed by atoms with Gasteiger partial charge in [0.05, 0.1) is 17.1 Å². The summed E-state index contributed by atoms with van der Waals surface area (Å²) in [6.45, 7) is 2.97. The average molecular weight is 477 g/mol. The largest absolute Gasteiger partial charge is 0.352 e. The summed E-state index contributed by atoms with van der Waals surface area (Å²) >= 11 is 0. The van der Waals surface area contributed by atoms with Gasteiger partial charge in [-0.25, -0.2) is 8.42 Å². The number of guanidine groups is 1. The van der Waals surface area contributed by atoms with Crippen LogP contribution in [0.25, 0.3) is 0 Å². The van der Waals surface area contributed by atoms with Crippen LogP contribution >= 0.6 is 24.0 Å². The molecule has 0 unspecified atom stereocenters. The third kappa shape index (κ3) is 5.99. The second-order valence-electron chi connectivity index (χ2n) is 5.60. The van der Waals surface area contributed by atoms with Crippen molar-refractivity contribution >= 4 is 39.8 Å². The van der Waals surface area contributed by atoms with Crippen molar-refractivity contribution in [1.82, 2.24) is 20.4 Å². The first-order chi connectivity index (χ1) is 11.3. The minimum atomic E-state index is -3.19. The van der Waals surface area contributed by atoms with E-state index in [4.69, 9.17) is 0 Å². The molecule has 0 saturated carbocycles. The SMILES string of the molecule is CN=C(NCc1ccc(S(C)(=O)=O)c(C)c1)NCc1ccnn1C.I. The van der Waals surface area contributed by atoms with Gasteiger partial charge >= 0.3 is 0 Å². The van der Waals surface area contributed by atoms with Gasteiger partial charge in [0.1, 0.15) is 0 Å². The first-order valence-electron chi connectivity index (χ1n) is 7.52. The van der Waals surface area contributed by atoms with Crippen molar-refractivity contribution < 1.29 is 8.42 Å². The zero-order valence-electron chi connectivity index (χ0n) is 14.8. The predicted octanol–water partition coefficient (Wildman–Crippen LogP) is 1.62. The number of rotatable bonds is 5. The molecule has 0 aliphatic heterocycles. The molecule has 0 saturated heterocycles. The van der Waals surface area contributed by atoms with E-state index in [1.54, 1.807) is 30.9 Å². The Kier molecular flexibility index (Phi) is 7.87. The molecule has 7 nitrogen and oxygen atoms in total. The molecule has 0 fully saturated rings. The molecule has 0 amide bonds. The molecule has 1 aromatic carbocycles. The molecule has 138 valence electrons. The van der Waals surface area contributed by atoms with Crippen LogP contribution in [0.3, 0.4) is 0 Å². The molecule has 0 bridgehead atoms. The Labute approximate surface area is 165 Å². The summed E-state index contributed by atoms with van der Waals surface area (Å²) in [4.78, 5) is 4.55. The standard InChI is InChI=1S/C16H23N5O2S.HI/c1-12-9-13(5-6-15(12)24(4,22)23)10-18-16(17-2)19-11-14-7-8-20-21(14)3;/h5-9H,10-11H2,1-4H3,(H2,17,18,19);1H. The van der Waals surface area contributed by atoms with Gasteiger partial charge in [0, 0.05) is 33.1 Å². The molecule has 9 heteroatoms. The van der Waals surface area contributed by atoms with Gasteiger partial charge in [-0.05, 0) is 30.2 Å². The third-order valence-electron chi connectivity index (χ3n) is 3.68. The van der Waals surface area contributed by atoms with Crippen molar-refractivity contribution in [2.24, 2.45) is 12.0 Å². The molecular weight excluding hydrogens is 453 g/mol. The minimum absolute atomic E-state index is 0. The number of hydrogen-bond donors (Lipinski definition) is 2. The highest BCUT2D eigenvalue weighted by atomic mass is 127. The zero-order chi connectivity index (χ0) is 17.7. The molecule has 1 heterocycles. The van der Waals surface area contributed by atoms with Gasteiger partial charge in [-0.1, -0.05) is 12.1 Å². The summed E-state index contributed by atoms with van der Waals surface area (Å²) in [5.41, 5.74) is 2.78. The molecule has 25 heavy (non-hydrogen) atoms. The number of halogens is 1. The van der Waals surface area contributed by atoms with E-state index in [0.717, 1.165) is 16.8 Å². The van der Waals surface area contributed by atoms with E-state index in [0.29, 0.717) is 23.9 Å². The van der Waals surface area contributed by atoms with Crippen molar-refractivity contribution in [1.29, 1.82) is 0 Å². The maximum atomic E-state index is 11.7. The molecule has 0 aliphatic carbocycles. The smallest absolute Gasteiger partial charge is 0.191 e. The molecule has 2 aromatic rings. The number of aliphatic imine (C=N–C) groups is 1. The van der Waals surface area contributed by atoms with Gasteiger partial charge in [-0.3, -0.25) is 9.67 Å². The van der Waals surface area contributed by atoms with Crippen molar-refractivity contribution in [3.05, 3.63) is 47.3 Å². The maximum absolute atomic E-state index is 11.7. The highest BCUT2D eigenvalue weighted by Gasteiger charge is 2.11. The third-order valence-corrected chi connectivity index (χ3v) is 4.94. The van der Waals surface area contributed by atoms with Gasteiger partial charge in [-0.2, -0.15) is 5.10 Å². The highest BCUT2D eigenvalue weighted by Crippen LogP contribution is 2.16. The van der Waals surface area contributed by atoms with Crippen LogP contribution in [0, 0.1) is 6.92 Å². The molecule has 2 rings (SSSR count). The lowest BCUT2D eigenvalue weighted by molar-refractivity contribution is 0.601. The van der Waals surface area contributed by atoms with Crippen LogP contribution < -0.4 is 10.6 Å². The molecule has 0 radical (unpaired) electrons. The monoisotopic (exact) mass is 477 g/mol. The fourth-order valence-corrected chi connectivity index (χ4v) is 3.35. The van der Waals surface area contributed by atoms with Crippen molar-refractivity contribution in [3.63, 3.8) is 0 Å².